The van der Waals surface area contributed by atoms with Gasteiger partial charge in [0.25, 0.3) is 0 Å². The average molecular weight is 358 g/mol. The van der Waals surface area contributed by atoms with Crippen LogP contribution in [-0.4, -0.2) is 37.6 Å². The van der Waals surface area contributed by atoms with E-state index >= 15 is 0 Å². The number of nitrogens with one attached hydrogen (secondary N) is 1. The highest BCUT2D eigenvalue weighted by Crippen LogP contribution is 2.33. The molecule has 0 aromatic heterocycles. The first kappa shape index (κ1) is 18.2. The predicted molar refractivity (Wildman–Crippen MR) is 98.2 cm³/mol. The Balaban J connectivity index is 1.66. The van der Waals surface area contributed by atoms with Gasteiger partial charge in [-0.05, 0) is 48.7 Å². The normalized spacial score (nSPS) is 18.3. The smallest absolute Gasteiger partial charge is 0.243 e. The fourth-order valence-corrected chi connectivity index (χ4v) is 2.96. The molecule has 1 aliphatic heterocycles. The molecule has 1 aliphatic rings. The third-order valence-corrected chi connectivity index (χ3v) is 4.69. The van der Waals surface area contributed by atoms with Gasteiger partial charge in [0.1, 0.15) is 11.9 Å². The molecule has 0 spiro atoms. The van der Waals surface area contributed by atoms with Gasteiger partial charge in [-0.1, -0.05) is 6.07 Å². The number of nitrogens with zero attached hydrogens (tertiary/aromatic N) is 1. The van der Waals surface area contributed by atoms with E-state index in [-0.39, 0.29) is 17.8 Å². The number of halogens is 1. The Hall–Kier alpha value is -2.60. The number of ether oxygens (including phenoxy) is 2. The SMILES string of the molecule is COc1cc(C)c(NC(=O)C2CN2Cc2cc(F)ccc2C)cc1OC. The van der Waals surface area contributed by atoms with Crippen LogP contribution in [0.1, 0.15) is 16.7 Å². The highest BCUT2D eigenvalue weighted by Gasteiger charge is 2.40. The molecule has 1 fully saturated rings. The first-order valence-corrected chi connectivity index (χ1v) is 8.45. The lowest BCUT2D eigenvalue weighted by atomic mass is 10.1. The van der Waals surface area contributed by atoms with E-state index in [0.717, 1.165) is 16.7 Å². The molecule has 3 rings (SSSR count). The van der Waals surface area contributed by atoms with Gasteiger partial charge in [-0.25, -0.2) is 4.39 Å². The summed E-state index contributed by atoms with van der Waals surface area (Å²) in [5.74, 6) is 0.859. The van der Waals surface area contributed by atoms with Crippen LogP contribution in [0.4, 0.5) is 10.1 Å². The van der Waals surface area contributed by atoms with Crippen molar-refractivity contribution in [2.45, 2.75) is 26.4 Å². The van der Waals surface area contributed by atoms with Gasteiger partial charge in [0.2, 0.25) is 5.91 Å². The van der Waals surface area contributed by atoms with Crippen molar-refractivity contribution in [3.63, 3.8) is 0 Å². The summed E-state index contributed by atoms with van der Waals surface area (Å²) < 4.78 is 24.0. The second-order valence-electron chi connectivity index (χ2n) is 6.53. The van der Waals surface area contributed by atoms with Gasteiger partial charge < -0.3 is 14.8 Å². The number of rotatable bonds is 6. The second kappa shape index (κ2) is 7.33. The van der Waals surface area contributed by atoms with Crippen LogP contribution in [0.2, 0.25) is 0 Å². The summed E-state index contributed by atoms with van der Waals surface area (Å²) in [6, 6.07) is 8.12. The summed E-state index contributed by atoms with van der Waals surface area (Å²) in [5.41, 5.74) is 3.52. The fourth-order valence-electron chi connectivity index (χ4n) is 2.96. The van der Waals surface area contributed by atoms with E-state index in [2.05, 4.69) is 5.32 Å². The van der Waals surface area contributed by atoms with E-state index in [9.17, 15) is 9.18 Å². The van der Waals surface area contributed by atoms with Gasteiger partial charge in [0, 0.05) is 24.8 Å². The van der Waals surface area contributed by atoms with Crippen molar-refractivity contribution in [1.82, 2.24) is 4.90 Å². The molecular weight excluding hydrogens is 335 g/mol. The molecule has 0 bridgehead atoms. The summed E-state index contributed by atoms with van der Waals surface area (Å²) in [6.45, 7) is 5.07. The number of benzene rings is 2. The third-order valence-electron chi connectivity index (χ3n) is 4.69. The molecule has 0 saturated carbocycles. The first-order chi connectivity index (χ1) is 12.4. The Labute approximate surface area is 152 Å². The minimum absolute atomic E-state index is 0.0747. The first-order valence-electron chi connectivity index (χ1n) is 8.45. The molecule has 1 amide bonds. The molecule has 1 saturated heterocycles. The molecule has 2 aromatic carbocycles. The minimum Gasteiger partial charge on any atom is -0.493 e. The number of amides is 1. The lowest BCUT2D eigenvalue weighted by Crippen LogP contribution is -2.22. The van der Waals surface area contributed by atoms with Crippen LogP contribution < -0.4 is 14.8 Å². The van der Waals surface area contributed by atoms with Gasteiger partial charge in [-0.3, -0.25) is 9.69 Å². The van der Waals surface area contributed by atoms with Gasteiger partial charge >= 0.3 is 0 Å². The maximum atomic E-state index is 13.4. The maximum absolute atomic E-state index is 13.4. The zero-order valence-electron chi connectivity index (χ0n) is 15.4. The lowest BCUT2D eigenvalue weighted by Gasteiger charge is -2.14. The van der Waals surface area contributed by atoms with Crippen molar-refractivity contribution < 1.29 is 18.7 Å². The molecule has 0 aliphatic carbocycles. The van der Waals surface area contributed by atoms with Crippen molar-refractivity contribution >= 4 is 11.6 Å². The Morgan fingerprint density at radius 1 is 1.15 bits per heavy atom. The van der Waals surface area contributed by atoms with Gasteiger partial charge in [-0.2, -0.15) is 0 Å². The van der Waals surface area contributed by atoms with Crippen LogP contribution in [0.15, 0.2) is 30.3 Å². The van der Waals surface area contributed by atoms with Crippen LogP contribution in [0.5, 0.6) is 11.5 Å². The Morgan fingerprint density at radius 3 is 2.54 bits per heavy atom. The summed E-state index contributed by atoms with van der Waals surface area (Å²) in [5, 5.41) is 2.95. The summed E-state index contributed by atoms with van der Waals surface area (Å²) in [4.78, 5) is 14.5. The quantitative estimate of drug-likeness (QED) is 0.805. The van der Waals surface area contributed by atoms with Crippen LogP contribution in [-0.2, 0) is 11.3 Å². The molecule has 6 heteroatoms. The molecule has 2 atom stereocenters. The van der Waals surface area contributed by atoms with E-state index in [1.54, 1.807) is 26.4 Å². The molecule has 2 unspecified atom stereocenters. The third kappa shape index (κ3) is 3.80. The Kier molecular flexibility index (Phi) is 5.13. The monoisotopic (exact) mass is 358 g/mol. The van der Waals surface area contributed by atoms with E-state index in [0.29, 0.717) is 30.3 Å². The standard InChI is InChI=1S/C20H23FN2O3/c1-12-5-6-15(21)8-14(12)10-23-11-17(23)20(24)22-16-9-19(26-4)18(25-3)7-13(16)2/h5-9,17H,10-11H2,1-4H3,(H,22,24). The molecular formula is C20H23FN2O3. The Morgan fingerprint density at radius 2 is 1.85 bits per heavy atom. The summed E-state index contributed by atoms with van der Waals surface area (Å²) in [6.07, 6.45) is 0. The van der Waals surface area contributed by atoms with Crippen LogP contribution in [0.3, 0.4) is 0 Å². The van der Waals surface area contributed by atoms with Crippen molar-refractivity contribution in [3.8, 4) is 11.5 Å². The van der Waals surface area contributed by atoms with Gasteiger partial charge in [0.05, 0.1) is 14.2 Å². The van der Waals surface area contributed by atoms with E-state index in [1.165, 1.54) is 12.1 Å². The van der Waals surface area contributed by atoms with Crippen LogP contribution in [0, 0.1) is 19.7 Å². The number of hydrogen-bond acceptors (Lipinski definition) is 4. The average Bonchev–Trinajstić information content (AvgIpc) is 3.38. The van der Waals surface area contributed by atoms with Crippen molar-refractivity contribution in [2.24, 2.45) is 0 Å². The number of carbonyl (C=O) groups excluding carboxylic acids is 1. The summed E-state index contributed by atoms with van der Waals surface area (Å²) >= 11 is 0. The maximum Gasteiger partial charge on any atom is 0.243 e. The fraction of sp³-hybridized carbons (Fsp3) is 0.350. The zero-order chi connectivity index (χ0) is 18.8. The van der Waals surface area contributed by atoms with Crippen molar-refractivity contribution in [2.75, 3.05) is 26.1 Å². The number of aryl methyl sites for hydroxylation is 2. The number of methoxy groups -OCH3 is 2. The van der Waals surface area contributed by atoms with Crippen molar-refractivity contribution in [3.05, 3.63) is 52.8 Å². The minimum atomic E-state index is -0.255. The number of carbonyl (C=O) groups is 1. The largest absolute Gasteiger partial charge is 0.493 e. The molecule has 0 radical (unpaired) electrons. The summed E-state index contributed by atoms with van der Waals surface area (Å²) in [7, 11) is 3.13. The molecule has 2 aromatic rings. The predicted octanol–water partition coefficient (Wildman–Crippen LogP) is 3.28. The lowest BCUT2D eigenvalue weighted by molar-refractivity contribution is -0.116. The van der Waals surface area contributed by atoms with E-state index in [1.807, 2.05) is 24.8 Å². The van der Waals surface area contributed by atoms with E-state index in [4.69, 9.17) is 9.47 Å². The molecule has 26 heavy (non-hydrogen) atoms. The highest BCUT2D eigenvalue weighted by atomic mass is 19.1. The van der Waals surface area contributed by atoms with Crippen LogP contribution >= 0.6 is 0 Å². The molecule has 1 heterocycles. The molecule has 138 valence electrons. The number of hydrogen-bond donors (Lipinski definition) is 1. The topological polar surface area (TPSA) is 50.6 Å². The Bertz CT molecular complexity index is 838. The van der Waals surface area contributed by atoms with Crippen LogP contribution in [0.25, 0.3) is 0 Å². The number of anilines is 1. The van der Waals surface area contributed by atoms with Gasteiger partial charge in [-0.15, -0.1) is 0 Å². The zero-order valence-corrected chi connectivity index (χ0v) is 15.4. The highest BCUT2D eigenvalue weighted by molar-refractivity contribution is 5.97. The molecule has 1 N–H and O–H groups in total. The van der Waals surface area contributed by atoms with Gasteiger partial charge in [0.15, 0.2) is 11.5 Å². The second-order valence-corrected chi connectivity index (χ2v) is 6.53. The molecule has 5 nitrogen and oxygen atoms in total. The van der Waals surface area contributed by atoms with E-state index < -0.39 is 0 Å². The van der Waals surface area contributed by atoms with Crippen molar-refractivity contribution in [1.29, 1.82) is 0 Å².